The Morgan fingerprint density at radius 3 is 2.64 bits per heavy atom. The highest BCUT2D eigenvalue weighted by Gasteiger charge is 2.13. The first kappa shape index (κ1) is 18.6. The number of nitrogens with zero attached hydrogens (tertiary/aromatic N) is 5. The molecule has 124 valence electrons. The maximum absolute atomic E-state index is 5.45. The second kappa shape index (κ2) is 8.87. The van der Waals surface area contributed by atoms with E-state index in [1.807, 2.05) is 6.33 Å². The van der Waals surface area contributed by atoms with Gasteiger partial charge in [-0.05, 0) is 39.4 Å². The monoisotopic (exact) mass is 327 g/mol. The molecule has 0 saturated carbocycles. The number of rotatable bonds is 8. The standard InChI is InChI=1S/C14H25N7.ClH/c1-4-20(5-2)8-6-7-11(3)21-10-18-12-13(19-15)16-9-17-14(12)21;/h9-11H,4-8,15H2,1-3H3,(H,16,17,19);1H. The van der Waals surface area contributed by atoms with Crippen molar-refractivity contribution in [2.75, 3.05) is 25.1 Å². The van der Waals surface area contributed by atoms with Crippen LogP contribution in [0.2, 0.25) is 0 Å². The van der Waals surface area contributed by atoms with Crippen LogP contribution in [-0.4, -0.2) is 44.1 Å². The van der Waals surface area contributed by atoms with Crippen molar-refractivity contribution in [2.24, 2.45) is 5.84 Å². The minimum Gasteiger partial charge on any atom is -0.312 e. The summed E-state index contributed by atoms with van der Waals surface area (Å²) in [5.74, 6) is 6.01. The first-order valence-corrected chi connectivity index (χ1v) is 7.57. The van der Waals surface area contributed by atoms with Gasteiger partial charge in [-0.1, -0.05) is 13.8 Å². The van der Waals surface area contributed by atoms with Crippen molar-refractivity contribution in [1.82, 2.24) is 24.4 Å². The van der Waals surface area contributed by atoms with Crippen LogP contribution < -0.4 is 11.3 Å². The van der Waals surface area contributed by atoms with Gasteiger partial charge in [-0.2, -0.15) is 0 Å². The van der Waals surface area contributed by atoms with Crippen molar-refractivity contribution in [3.8, 4) is 0 Å². The smallest absolute Gasteiger partial charge is 0.171 e. The van der Waals surface area contributed by atoms with Crippen LogP contribution in [0.4, 0.5) is 5.82 Å². The third-order valence-electron chi connectivity index (χ3n) is 3.96. The molecular weight excluding hydrogens is 302 g/mol. The largest absolute Gasteiger partial charge is 0.312 e. The summed E-state index contributed by atoms with van der Waals surface area (Å²) >= 11 is 0. The number of nitrogens with two attached hydrogens (primary N) is 1. The molecule has 0 aliphatic rings. The van der Waals surface area contributed by atoms with Gasteiger partial charge in [0.05, 0.1) is 6.33 Å². The summed E-state index contributed by atoms with van der Waals surface area (Å²) < 4.78 is 2.10. The van der Waals surface area contributed by atoms with Gasteiger partial charge in [-0.3, -0.25) is 0 Å². The van der Waals surface area contributed by atoms with Gasteiger partial charge in [0.15, 0.2) is 17.0 Å². The number of imidazole rings is 1. The molecule has 0 spiro atoms. The molecule has 0 radical (unpaired) electrons. The van der Waals surface area contributed by atoms with E-state index in [1.165, 1.54) is 6.33 Å². The van der Waals surface area contributed by atoms with E-state index in [9.17, 15) is 0 Å². The first-order valence-electron chi connectivity index (χ1n) is 7.57. The van der Waals surface area contributed by atoms with Crippen LogP contribution in [0.15, 0.2) is 12.7 Å². The molecule has 2 heterocycles. The van der Waals surface area contributed by atoms with E-state index in [0.29, 0.717) is 11.9 Å². The number of hydrogen-bond acceptors (Lipinski definition) is 6. The van der Waals surface area contributed by atoms with E-state index < -0.39 is 0 Å². The molecule has 2 rings (SSSR count). The minimum atomic E-state index is 0. The zero-order valence-electron chi connectivity index (χ0n) is 13.5. The van der Waals surface area contributed by atoms with Gasteiger partial charge in [-0.15, -0.1) is 12.4 Å². The quantitative estimate of drug-likeness (QED) is 0.571. The van der Waals surface area contributed by atoms with Crippen molar-refractivity contribution in [3.05, 3.63) is 12.7 Å². The number of anilines is 1. The van der Waals surface area contributed by atoms with Crippen LogP contribution >= 0.6 is 12.4 Å². The second-order valence-electron chi connectivity index (χ2n) is 5.21. The molecule has 22 heavy (non-hydrogen) atoms. The summed E-state index contributed by atoms with van der Waals surface area (Å²) in [6, 6.07) is 0.353. The number of hydrogen-bond donors (Lipinski definition) is 2. The molecule has 0 aromatic carbocycles. The first-order chi connectivity index (χ1) is 10.2. The SMILES string of the molecule is CCN(CC)CCCC(C)n1cnc2c(NN)ncnc21.Cl. The lowest BCUT2D eigenvalue weighted by atomic mass is 10.1. The number of fused-ring (bicyclic) bond motifs is 1. The maximum atomic E-state index is 5.45. The highest BCUT2D eigenvalue weighted by atomic mass is 35.5. The van der Waals surface area contributed by atoms with E-state index in [0.717, 1.165) is 43.6 Å². The number of nitrogen functional groups attached to an aromatic ring is 1. The third kappa shape index (κ3) is 4.06. The van der Waals surface area contributed by atoms with E-state index in [1.54, 1.807) is 0 Å². The van der Waals surface area contributed by atoms with Crippen LogP contribution in [0.5, 0.6) is 0 Å². The predicted octanol–water partition coefficient (Wildman–Crippen LogP) is 2.22. The summed E-state index contributed by atoms with van der Waals surface area (Å²) in [5.41, 5.74) is 4.11. The fraction of sp³-hybridized carbons (Fsp3) is 0.643. The van der Waals surface area contributed by atoms with Crippen LogP contribution in [0, 0.1) is 0 Å². The van der Waals surface area contributed by atoms with Gasteiger partial charge in [0.1, 0.15) is 6.33 Å². The molecule has 8 heteroatoms. The van der Waals surface area contributed by atoms with Gasteiger partial charge >= 0.3 is 0 Å². The number of hydrazine groups is 1. The molecule has 0 bridgehead atoms. The Balaban J connectivity index is 0.00000242. The van der Waals surface area contributed by atoms with Crippen LogP contribution in [0.3, 0.4) is 0 Å². The van der Waals surface area contributed by atoms with Crippen molar-refractivity contribution < 1.29 is 0 Å². The van der Waals surface area contributed by atoms with Crippen LogP contribution in [0.1, 0.15) is 39.7 Å². The van der Waals surface area contributed by atoms with E-state index in [-0.39, 0.29) is 12.4 Å². The van der Waals surface area contributed by atoms with Gasteiger partial charge in [-0.25, -0.2) is 20.8 Å². The molecule has 0 fully saturated rings. The molecule has 3 N–H and O–H groups in total. The normalized spacial score (nSPS) is 12.4. The molecule has 7 nitrogen and oxygen atoms in total. The highest BCUT2D eigenvalue weighted by Crippen LogP contribution is 2.22. The average Bonchev–Trinajstić information content (AvgIpc) is 2.95. The lowest BCUT2D eigenvalue weighted by Crippen LogP contribution is -2.24. The fourth-order valence-corrected chi connectivity index (χ4v) is 2.57. The van der Waals surface area contributed by atoms with Crippen molar-refractivity contribution in [1.29, 1.82) is 0 Å². The zero-order chi connectivity index (χ0) is 15.2. The highest BCUT2D eigenvalue weighted by molar-refractivity contribution is 5.85. The molecule has 0 saturated heterocycles. The Kier molecular flexibility index (Phi) is 7.50. The zero-order valence-corrected chi connectivity index (χ0v) is 14.3. The van der Waals surface area contributed by atoms with Crippen LogP contribution in [0.25, 0.3) is 11.2 Å². The van der Waals surface area contributed by atoms with Gasteiger partial charge < -0.3 is 14.9 Å². The Bertz CT molecular complexity index is 567. The summed E-state index contributed by atoms with van der Waals surface area (Å²) in [6.45, 7) is 9.95. The van der Waals surface area contributed by atoms with Gasteiger partial charge in [0, 0.05) is 6.04 Å². The molecule has 0 amide bonds. The van der Waals surface area contributed by atoms with E-state index in [4.69, 9.17) is 5.84 Å². The maximum Gasteiger partial charge on any atom is 0.171 e. The minimum absolute atomic E-state index is 0. The van der Waals surface area contributed by atoms with Crippen molar-refractivity contribution >= 4 is 29.4 Å². The molecule has 0 aliphatic heterocycles. The topological polar surface area (TPSA) is 84.9 Å². The average molecular weight is 328 g/mol. The number of aromatic nitrogens is 4. The lowest BCUT2D eigenvalue weighted by Gasteiger charge is -2.19. The Morgan fingerprint density at radius 2 is 2.00 bits per heavy atom. The predicted molar refractivity (Wildman–Crippen MR) is 92.1 cm³/mol. The van der Waals surface area contributed by atoms with Crippen molar-refractivity contribution in [3.63, 3.8) is 0 Å². The van der Waals surface area contributed by atoms with Gasteiger partial charge in [0.25, 0.3) is 0 Å². The fourth-order valence-electron chi connectivity index (χ4n) is 2.57. The Hall–Kier alpha value is -1.44. The van der Waals surface area contributed by atoms with E-state index in [2.05, 4.69) is 50.6 Å². The Morgan fingerprint density at radius 1 is 1.27 bits per heavy atom. The van der Waals surface area contributed by atoms with Crippen molar-refractivity contribution in [2.45, 2.75) is 39.7 Å². The molecule has 1 unspecified atom stereocenters. The number of halogens is 1. The molecule has 2 aromatic heterocycles. The van der Waals surface area contributed by atoms with Crippen LogP contribution in [-0.2, 0) is 0 Å². The summed E-state index contributed by atoms with van der Waals surface area (Å²) in [7, 11) is 0. The second-order valence-corrected chi connectivity index (χ2v) is 5.21. The lowest BCUT2D eigenvalue weighted by molar-refractivity contribution is 0.288. The van der Waals surface area contributed by atoms with Gasteiger partial charge in [0.2, 0.25) is 0 Å². The summed E-state index contributed by atoms with van der Waals surface area (Å²) in [6.07, 6.45) is 5.59. The van der Waals surface area contributed by atoms with E-state index >= 15 is 0 Å². The Labute approximate surface area is 137 Å². The molecule has 2 aromatic rings. The molecular formula is C14H26ClN7. The molecule has 1 atom stereocenters. The summed E-state index contributed by atoms with van der Waals surface area (Å²) in [5, 5.41) is 0. The number of nitrogens with one attached hydrogen (secondary N) is 1. The molecule has 0 aliphatic carbocycles. The third-order valence-corrected chi connectivity index (χ3v) is 3.96. The summed E-state index contributed by atoms with van der Waals surface area (Å²) in [4.78, 5) is 15.2.